The first-order valence-electron chi connectivity index (χ1n) is 11.4. The smallest absolute Gasteiger partial charge is 0.302 e. The van der Waals surface area contributed by atoms with E-state index >= 15 is 0 Å². The van der Waals surface area contributed by atoms with E-state index in [-0.39, 0.29) is 11.9 Å². The topological polar surface area (TPSA) is 74.7 Å². The number of carbonyl (C=O) groups is 2. The minimum absolute atomic E-state index is 0.0890. The molecule has 1 aromatic carbocycles. The van der Waals surface area contributed by atoms with E-state index in [0.717, 1.165) is 40.0 Å². The van der Waals surface area contributed by atoms with E-state index in [9.17, 15) is 9.59 Å². The Morgan fingerprint density at radius 2 is 1.85 bits per heavy atom. The van der Waals surface area contributed by atoms with Gasteiger partial charge < -0.3 is 14.2 Å². The lowest BCUT2D eigenvalue weighted by Crippen LogP contribution is -2.08. The lowest BCUT2D eigenvalue weighted by Gasteiger charge is -2.17. The van der Waals surface area contributed by atoms with E-state index < -0.39 is 0 Å². The highest BCUT2D eigenvalue weighted by Gasteiger charge is 2.17. The standard InChI is InChI=1S/C28H31NO5/c1-19-15-24(7-5-8-25(19)18-34-26-11-9-23(17-30)10-12-26)28-20(2)16-27(29-21(28)3)33-14-6-13-32-22(4)31/h5,7-12,15-17,24H,6,13-14,18H2,1-4H3. The molecule has 0 saturated heterocycles. The quantitative estimate of drug-likeness (QED) is 0.266. The number of aromatic nitrogens is 1. The SMILES string of the molecule is CC(=O)OCCCOc1cc(C)c(C2C=CC=C(COc3ccc(C=O)cc3)C(C)=C2)c(C)n1. The van der Waals surface area contributed by atoms with Crippen molar-refractivity contribution in [2.24, 2.45) is 0 Å². The molecule has 3 rings (SSSR count). The number of aldehydes is 1. The average Bonchev–Trinajstić information content (AvgIpc) is 2.98. The van der Waals surface area contributed by atoms with Crippen LogP contribution in [0.15, 0.2) is 65.8 Å². The second kappa shape index (κ2) is 12.0. The fourth-order valence-corrected chi connectivity index (χ4v) is 3.84. The van der Waals surface area contributed by atoms with Crippen molar-refractivity contribution >= 4 is 12.3 Å². The van der Waals surface area contributed by atoms with Crippen LogP contribution in [0.1, 0.15) is 53.4 Å². The molecule has 1 atom stereocenters. The van der Waals surface area contributed by atoms with Crippen molar-refractivity contribution in [2.45, 2.75) is 40.0 Å². The molecule has 2 aromatic rings. The summed E-state index contributed by atoms with van der Waals surface area (Å²) in [6.45, 7) is 8.76. The van der Waals surface area contributed by atoms with Gasteiger partial charge in [-0.2, -0.15) is 0 Å². The van der Waals surface area contributed by atoms with Gasteiger partial charge in [-0.15, -0.1) is 0 Å². The Bertz CT molecular complexity index is 1090. The fraction of sp³-hybridized carbons (Fsp3) is 0.321. The molecule has 0 amide bonds. The number of carbonyl (C=O) groups excluding carboxylic acids is 2. The van der Waals surface area contributed by atoms with Crippen LogP contribution in [0.3, 0.4) is 0 Å². The molecule has 0 N–H and O–H groups in total. The van der Waals surface area contributed by atoms with Crippen LogP contribution in [0.2, 0.25) is 0 Å². The molecule has 1 aliphatic rings. The second-order valence-electron chi connectivity index (χ2n) is 8.25. The monoisotopic (exact) mass is 461 g/mol. The number of hydrogen-bond acceptors (Lipinski definition) is 6. The molecule has 34 heavy (non-hydrogen) atoms. The molecule has 178 valence electrons. The summed E-state index contributed by atoms with van der Waals surface area (Å²) in [5, 5.41) is 0. The minimum Gasteiger partial charge on any atom is -0.489 e. The van der Waals surface area contributed by atoms with Crippen molar-refractivity contribution in [3.8, 4) is 11.6 Å². The Balaban J connectivity index is 1.65. The molecule has 1 aliphatic carbocycles. The zero-order valence-corrected chi connectivity index (χ0v) is 20.2. The first-order chi connectivity index (χ1) is 16.4. The minimum atomic E-state index is -0.286. The Morgan fingerprint density at radius 1 is 1.09 bits per heavy atom. The number of allylic oxidation sites excluding steroid dienone is 4. The Kier molecular flexibility index (Phi) is 8.79. The summed E-state index contributed by atoms with van der Waals surface area (Å²) < 4.78 is 16.6. The maximum absolute atomic E-state index is 10.8. The zero-order chi connectivity index (χ0) is 24.5. The highest BCUT2D eigenvalue weighted by Crippen LogP contribution is 2.31. The molecule has 0 fully saturated rings. The molecule has 0 aliphatic heterocycles. The molecule has 1 unspecified atom stereocenters. The van der Waals surface area contributed by atoms with Crippen LogP contribution in [0.25, 0.3) is 0 Å². The Morgan fingerprint density at radius 3 is 2.53 bits per heavy atom. The third-order valence-corrected chi connectivity index (χ3v) is 5.57. The van der Waals surface area contributed by atoms with Crippen LogP contribution in [0.4, 0.5) is 0 Å². The summed E-state index contributed by atoms with van der Waals surface area (Å²) >= 11 is 0. The largest absolute Gasteiger partial charge is 0.489 e. The lowest BCUT2D eigenvalue weighted by atomic mass is 9.91. The van der Waals surface area contributed by atoms with Gasteiger partial charge in [0.2, 0.25) is 5.88 Å². The number of aryl methyl sites for hydroxylation is 2. The predicted octanol–water partition coefficient (Wildman–Crippen LogP) is 5.45. The summed E-state index contributed by atoms with van der Waals surface area (Å²) in [6, 6.07) is 9.05. The van der Waals surface area contributed by atoms with Crippen LogP contribution < -0.4 is 9.47 Å². The van der Waals surface area contributed by atoms with Crippen molar-refractivity contribution in [1.29, 1.82) is 0 Å². The van der Waals surface area contributed by atoms with Gasteiger partial charge in [-0.25, -0.2) is 4.98 Å². The van der Waals surface area contributed by atoms with E-state index in [2.05, 4.69) is 43.1 Å². The van der Waals surface area contributed by atoms with Crippen LogP contribution in [0.5, 0.6) is 11.6 Å². The second-order valence-corrected chi connectivity index (χ2v) is 8.25. The van der Waals surface area contributed by atoms with E-state index in [1.807, 2.05) is 13.0 Å². The van der Waals surface area contributed by atoms with Crippen molar-refractivity contribution in [3.05, 3.63) is 88.2 Å². The third kappa shape index (κ3) is 6.91. The van der Waals surface area contributed by atoms with Gasteiger partial charge in [0.1, 0.15) is 18.6 Å². The molecule has 6 heteroatoms. The van der Waals surface area contributed by atoms with E-state index in [0.29, 0.717) is 37.7 Å². The number of pyridine rings is 1. The molecule has 0 radical (unpaired) electrons. The summed E-state index contributed by atoms with van der Waals surface area (Å²) in [6.07, 6.45) is 9.95. The summed E-state index contributed by atoms with van der Waals surface area (Å²) in [4.78, 5) is 26.3. The van der Waals surface area contributed by atoms with Gasteiger partial charge in [0.25, 0.3) is 0 Å². The lowest BCUT2D eigenvalue weighted by molar-refractivity contribution is -0.141. The maximum atomic E-state index is 10.8. The predicted molar refractivity (Wildman–Crippen MR) is 132 cm³/mol. The van der Waals surface area contributed by atoms with Gasteiger partial charge in [0.15, 0.2) is 0 Å². The highest BCUT2D eigenvalue weighted by molar-refractivity contribution is 5.74. The first-order valence-corrected chi connectivity index (χ1v) is 11.4. The molecule has 0 saturated carbocycles. The number of nitrogens with zero attached hydrogens (tertiary/aromatic N) is 1. The van der Waals surface area contributed by atoms with Crippen LogP contribution in [-0.2, 0) is 9.53 Å². The number of esters is 1. The van der Waals surface area contributed by atoms with Crippen molar-refractivity contribution in [1.82, 2.24) is 4.98 Å². The van der Waals surface area contributed by atoms with Gasteiger partial charge >= 0.3 is 5.97 Å². The number of hydrogen-bond donors (Lipinski definition) is 0. The average molecular weight is 462 g/mol. The molecule has 0 bridgehead atoms. The Hall–Kier alpha value is -3.67. The van der Waals surface area contributed by atoms with Crippen LogP contribution in [-0.4, -0.2) is 37.1 Å². The van der Waals surface area contributed by atoms with E-state index in [1.165, 1.54) is 6.92 Å². The molecular weight excluding hydrogens is 430 g/mol. The van der Waals surface area contributed by atoms with E-state index in [1.54, 1.807) is 24.3 Å². The fourth-order valence-electron chi connectivity index (χ4n) is 3.84. The van der Waals surface area contributed by atoms with Crippen LogP contribution >= 0.6 is 0 Å². The van der Waals surface area contributed by atoms with Gasteiger partial charge in [0, 0.05) is 36.6 Å². The maximum Gasteiger partial charge on any atom is 0.302 e. The molecular formula is C28H31NO5. The molecule has 1 heterocycles. The van der Waals surface area contributed by atoms with Crippen molar-refractivity contribution in [2.75, 3.05) is 19.8 Å². The molecule has 1 aromatic heterocycles. The molecule has 0 spiro atoms. The van der Waals surface area contributed by atoms with Crippen molar-refractivity contribution < 1.29 is 23.8 Å². The van der Waals surface area contributed by atoms with Gasteiger partial charge in [-0.1, -0.05) is 24.3 Å². The van der Waals surface area contributed by atoms with E-state index in [4.69, 9.17) is 14.2 Å². The number of ether oxygens (including phenoxy) is 3. The summed E-state index contributed by atoms with van der Waals surface area (Å²) in [5.74, 6) is 1.11. The summed E-state index contributed by atoms with van der Waals surface area (Å²) in [5.41, 5.74) is 6.04. The van der Waals surface area contributed by atoms with Gasteiger partial charge in [0.05, 0.1) is 13.2 Å². The molecule has 6 nitrogen and oxygen atoms in total. The van der Waals surface area contributed by atoms with Crippen LogP contribution in [0, 0.1) is 13.8 Å². The Labute approximate surface area is 201 Å². The van der Waals surface area contributed by atoms with Crippen molar-refractivity contribution in [3.63, 3.8) is 0 Å². The third-order valence-electron chi connectivity index (χ3n) is 5.57. The highest BCUT2D eigenvalue weighted by atomic mass is 16.5. The first kappa shape index (κ1) is 25.0. The summed E-state index contributed by atoms with van der Waals surface area (Å²) in [7, 11) is 0. The zero-order valence-electron chi connectivity index (χ0n) is 20.2. The normalized spacial score (nSPS) is 15.1. The number of benzene rings is 1. The van der Waals surface area contributed by atoms with Gasteiger partial charge in [-0.05, 0) is 67.3 Å². The number of rotatable bonds is 10. The van der Waals surface area contributed by atoms with Gasteiger partial charge in [-0.3, -0.25) is 9.59 Å².